The van der Waals surface area contributed by atoms with E-state index >= 15 is 0 Å². The number of rotatable bonds is 2. The predicted molar refractivity (Wildman–Crippen MR) is 79.5 cm³/mol. The Labute approximate surface area is 128 Å². The van der Waals surface area contributed by atoms with Crippen LogP contribution < -0.4 is 0 Å². The molecule has 6 heteroatoms. The first-order valence-corrected chi connectivity index (χ1v) is 6.96. The van der Waals surface area contributed by atoms with Gasteiger partial charge in [-0.05, 0) is 39.7 Å². The van der Waals surface area contributed by atoms with Crippen molar-refractivity contribution in [2.45, 2.75) is 0 Å². The Balaban J connectivity index is 2.28. The van der Waals surface area contributed by atoms with Crippen LogP contribution in [0.3, 0.4) is 0 Å². The van der Waals surface area contributed by atoms with Crippen molar-refractivity contribution in [3.05, 3.63) is 64.1 Å². The van der Waals surface area contributed by atoms with Gasteiger partial charge in [0, 0.05) is 10.0 Å². The topological polar surface area (TPSA) is 30.7 Å². The van der Waals surface area contributed by atoms with Crippen LogP contribution in [0.15, 0.2) is 53.0 Å². The second kappa shape index (κ2) is 5.34. The summed E-state index contributed by atoms with van der Waals surface area (Å²) in [4.78, 5) is 0. The van der Waals surface area contributed by atoms with Crippen molar-refractivity contribution in [2.75, 3.05) is 0 Å². The Hall–Kier alpha value is -1.72. The number of aromatic nitrogens is 3. The first-order chi connectivity index (χ1) is 9.68. The van der Waals surface area contributed by atoms with Gasteiger partial charge in [-0.3, -0.25) is 4.57 Å². The van der Waals surface area contributed by atoms with Crippen molar-refractivity contribution in [2.24, 2.45) is 0 Å². The minimum absolute atomic E-state index is 0.106. The lowest BCUT2D eigenvalue weighted by Crippen LogP contribution is -2.02. The number of nitrogens with zero attached hydrogens (tertiary/aromatic N) is 3. The first-order valence-electron chi connectivity index (χ1n) is 5.79. The smallest absolute Gasteiger partial charge is 0.230 e. The summed E-state index contributed by atoms with van der Waals surface area (Å²) in [7, 11) is 0. The Kier molecular flexibility index (Phi) is 3.54. The molecule has 0 saturated carbocycles. The highest BCUT2D eigenvalue weighted by Gasteiger charge is 2.18. The summed E-state index contributed by atoms with van der Waals surface area (Å²) in [5, 5.41) is 7.99. The van der Waals surface area contributed by atoms with Crippen molar-refractivity contribution in [1.82, 2.24) is 14.8 Å². The summed E-state index contributed by atoms with van der Waals surface area (Å²) in [6.07, 6.45) is 0. The van der Waals surface area contributed by atoms with Crippen LogP contribution in [0.4, 0.5) is 4.39 Å². The third kappa shape index (κ3) is 2.23. The highest BCUT2D eigenvalue weighted by Crippen LogP contribution is 2.31. The fourth-order valence-electron chi connectivity index (χ4n) is 1.94. The number of hydrogen-bond donors (Lipinski definition) is 0. The lowest BCUT2D eigenvalue weighted by molar-refractivity contribution is 0.617. The van der Waals surface area contributed by atoms with Gasteiger partial charge >= 0.3 is 0 Å². The summed E-state index contributed by atoms with van der Waals surface area (Å²) in [6, 6.07) is 14.1. The largest absolute Gasteiger partial charge is 0.262 e. The van der Waals surface area contributed by atoms with E-state index in [0.29, 0.717) is 16.0 Å². The van der Waals surface area contributed by atoms with E-state index in [1.807, 2.05) is 30.3 Å². The summed E-state index contributed by atoms with van der Waals surface area (Å²) in [6.45, 7) is 0. The molecule has 0 spiro atoms. The minimum Gasteiger partial charge on any atom is -0.262 e. The molecule has 0 fully saturated rings. The number of halogens is 3. The molecule has 20 heavy (non-hydrogen) atoms. The van der Waals surface area contributed by atoms with Crippen molar-refractivity contribution >= 4 is 27.5 Å². The second-order valence-corrected chi connectivity index (χ2v) is 5.26. The highest BCUT2D eigenvalue weighted by atomic mass is 79.9. The van der Waals surface area contributed by atoms with E-state index in [0.717, 1.165) is 5.56 Å². The Bertz CT molecular complexity index is 738. The molecule has 3 rings (SSSR count). The van der Waals surface area contributed by atoms with Gasteiger partial charge < -0.3 is 0 Å². The third-order valence-corrected chi connectivity index (χ3v) is 3.70. The van der Waals surface area contributed by atoms with Crippen LogP contribution in [-0.2, 0) is 0 Å². The van der Waals surface area contributed by atoms with Crippen LogP contribution in [0.2, 0.25) is 5.28 Å². The summed E-state index contributed by atoms with van der Waals surface area (Å²) >= 11 is 9.41. The number of benzene rings is 2. The molecule has 0 unspecified atom stereocenters. The number of para-hydroxylation sites is 1. The molecule has 0 radical (unpaired) electrons. The third-order valence-electron chi connectivity index (χ3n) is 2.82. The average Bonchev–Trinajstić information content (AvgIpc) is 2.82. The Morgan fingerprint density at radius 3 is 2.45 bits per heavy atom. The van der Waals surface area contributed by atoms with Crippen molar-refractivity contribution < 1.29 is 4.39 Å². The van der Waals surface area contributed by atoms with Crippen LogP contribution in [0.25, 0.3) is 17.1 Å². The van der Waals surface area contributed by atoms with Gasteiger partial charge in [0.2, 0.25) is 5.28 Å². The van der Waals surface area contributed by atoms with Crippen molar-refractivity contribution in [3.63, 3.8) is 0 Å². The molecule has 3 aromatic rings. The molecule has 0 atom stereocenters. The molecular formula is C14H8BrClFN3. The Morgan fingerprint density at radius 2 is 1.75 bits per heavy atom. The Morgan fingerprint density at radius 1 is 1.00 bits per heavy atom. The average molecular weight is 353 g/mol. The van der Waals surface area contributed by atoms with E-state index in [4.69, 9.17) is 11.6 Å². The molecule has 0 N–H and O–H groups in total. The molecule has 100 valence electrons. The maximum Gasteiger partial charge on any atom is 0.230 e. The maximum atomic E-state index is 14.1. The molecule has 1 aromatic heterocycles. The molecule has 0 aliphatic heterocycles. The van der Waals surface area contributed by atoms with Gasteiger partial charge in [-0.2, -0.15) is 0 Å². The lowest BCUT2D eigenvalue weighted by Gasteiger charge is -2.10. The van der Waals surface area contributed by atoms with Crippen molar-refractivity contribution in [3.8, 4) is 17.1 Å². The maximum absolute atomic E-state index is 14.1. The van der Waals surface area contributed by atoms with Crippen LogP contribution in [0.5, 0.6) is 0 Å². The van der Waals surface area contributed by atoms with E-state index in [9.17, 15) is 4.39 Å². The van der Waals surface area contributed by atoms with Crippen molar-refractivity contribution in [1.29, 1.82) is 0 Å². The van der Waals surface area contributed by atoms with Gasteiger partial charge in [0.1, 0.15) is 11.5 Å². The molecule has 0 bridgehead atoms. The molecule has 3 nitrogen and oxygen atoms in total. The molecule has 0 aliphatic rings. The first kappa shape index (κ1) is 13.3. The number of hydrogen-bond acceptors (Lipinski definition) is 2. The summed E-state index contributed by atoms with van der Waals surface area (Å²) < 4.78 is 16.2. The van der Waals surface area contributed by atoms with E-state index < -0.39 is 5.82 Å². The zero-order chi connectivity index (χ0) is 14.1. The van der Waals surface area contributed by atoms with Gasteiger partial charge in [-0.15, -0.1) is 10.2 Å². The molecular weight excluding hydrogens is 345 g/mol. The van der Waals surface area contributed by atoms with Gasteiger partial charge in [0.05, 0.1) is 0 Å². The molecule has 1 heterocycles. The summed E-state index contributed by atoms with van der Waals surface area (Å²) in [5.74, 6) is 0.0830. The molecule has 0 aliphatic carbocycles. The monoisotopic (exact) mass is 351 g/mol. The van der Waals surface area contributed by atoms with Crippen LogP contribution in [0, 0.1) is 5.82 Å². The normalized spacial score (nSPS) is 10.8. The second-order valence-electron chi connectivity index (χ2n) is 4.06. The van der Waals surface area contributed by atoms with E-state index in [-0.39, 0.29) is 5.28 Å². The van der Waals surface area contributed by atoms with Gasteiger partial charge in [0.15, 0.2) is 5.82 Å². The highest BCUT2D eigenvalue weighted by molar-refractivity contribution is 9.10. The zero-order valence-electron chi connectivity index (χ0n) is 10.1. The fourth-order valence-corrected chi connectivity index (χ4v) is 2.66. The van der Waals surface area contributed by atoms with Gasteiger partial charge in [-0.1, -0.05) is 36.4 Å². The van der Waals surface area contributed by atoms with Crippen LogP contribution >= 0.6 is 27.5 Å². The zero-order valence-corrected chi connectivity index (χ0v) is 12.4. The van der Waals surface area contributed by atoms with Gasteiger partial charge in [0.25, 0.3) is 0 Å². The van der Waals surface area contributed by atoms with Gasteiger partial charge in [-0.25, -0.2) is 4.39 Å². The van der Waals surface area contributed by atoms with E-state index in [1.54, 1.807) is 12.1 Å². The lowest BCUT2D eigenvalue weighted by atomic mass is 10.2. The predicted octanol–water partition coefficient (Wildman–Crippen LogP) is 4.49. The quantitative estimate of drug-likeness (QED) is 0.680. The minimum atomic E-state index is -0.404. The standard InChI is InChI=1S/C14H8BrClFN3/c15-10-7-4-8-11(17)12(10)20-13(18-19-14(20)16)9-5-2-1-3-6-9/h1-8H. The molecule has 0 saturated heterocycles. The SMILES string of the molecule is Fc1cccc(Br)c1-n1c(Cl)nnc1-c1ccccc1. The molecule has 0 amide bonds. The van der Waals surface area contributed by atoms with E-state index in [1.165, 1.54) is 10.6 Å². The van der Waals surface area contributed by atoms with E-state index in [2.05, 4.69) is 26.1 Å². The van der Waals surface area contributed by atoms with Crippen LogP contribution in [-0.4, -0.2) is 14.8 Å². The fraction of sp³-hybridized carbons (Fsp3) is 0. The summed E-state index contributed by atoms with van der Waals surface area (Å²) in [5.41, 5.74) is 1.10. The van der Waals surface area contributed by atoms with Crippen LogP contribution in [0.1, 0.15) is 0 Å². The molecule has 2 aromatic carbocycles.